The van der Waals surface area contributed by atoms with Crippen molar-refractivity contribution in [2.45, 2.75) is 50.5 Å². The Kier molecular flexibility index (Phi) is 3.06. The molecule has 1 spiro atoms. The SMILES string of the molecule is NC(=O)C1CCNC2(C1)CC2C[C@H]1CCc2[nH]ncc2C1. The number of aromatic nitrogens is 2. The lowest BCUT2D eigenvalue weighted by molar-refractivity contribution is -0.123. The van der Waals surface area contributed by atoms with Gasteiger partial charge in [-0.25, -0.2) is 0 Å². The number of aryl methyl sites for hydroxylation is 1. The van der Waals surface area contributed by atoms with E-state index in [0.717, 1.165) is 44.1 Å². The van der Waals surface area contributed by atoms with E-state index in [9.17, 15) is 4.79 Å². The second-order valence-electron chi connectivity index (χ2n) is 7.29. The molecule has 2 aliphatic carbocycles. The van der Waals surface area contributed by atoms with Crippen LogP contribution < -0.4 is 11.1 Å². The third kappa shape index (κ3) is 2.37. The standard InChI is InChI=1S/C16H24N4O/c17-15(21)11-3-4-18-16(7-11)8-13(16)6-10-1-2-14-12(5-10)9-19-20-14/h9-11,13,18H,1-8H2,(H2,17,21)(H,19,20)/t10-,11?,13?,16?/m0/s1. The zero-order valence-electron chi connectivity index (χ0n) is 12.4. The monoisotopic (exact) mass is 288 g/mol. The summed E-state index contributed by atoms with van der Waals surface area (Å²) >= 11 is 0. The highest BCUT2D eigenvalue weighted by atomic mass is 16.1. The van der Waals surface area contributed by atoms with Gasteiger partial charge in [0.2, 0.25) is 5.91 Å². The van der Waals surface area contributed by atoms with Gasteiger partial charge < -0.3 is 11.1 Å². The van der Waals surface area contributed by atoms with Crippen molar-refractivity contribution >= 4 is 5.91 Å². The lowest BCUT2D eigenvalue weighted by Crippen LogP contribution is -2.45. The van der Waals surface area contributed by atoms with Crippen LogP contribution >= 0.6 is 0 Å². The smallest absolute Gasteiger partial charge is 0.220 e. The van der Waals surface area contributed by atoms with Crippen LogP contribution in [0.25, 0.3) is 0 Å². The van der Waals surface area contributed by atoms with Crippen LogP contribution in [0.5, 0.6) is 0 Å². The van der Waals surface area contributed by atoms with Gasteiger partial charge in [-0.2, -0.15) is 5.10 Å². The van der Waals surface area contributed by atoms with Crippen molar-refractivity contribution < 1.29 is 4.79 Å². The fourth-order valence-electron chi connectivity index (χ4n) is 4.60. The number of amides is 1. The van der Waals surface area contributed by atoms with Crippen LogP contribution in [0.4, 0.5) is 0 Å². The predicted octanol–water partition coefficient (Wildman–Crippen LogP) is 1.15. The number of primary amides is 1. The van der Waals surface area contributed by atoms with Gasteiger partial charge >= 0.3 is 0 Å². The molecule has 4 N–H and O–H groups in total. The molecule has 2 heterocycles. The van der Waals surface area contributed by atoms with Gasteiger partial charge in [0.1, 0.15) is 0 Å². The number of hydrogen-bond acceptors (Lipinski definition) is 3. The Labute approximate surface area is 125 Å². The molecule has 5 nitrogen and oxygen atoms in total. The van der Waals surface area contributed by atoms with Crippen LogP contribution in [-0.2, 0) is 17.6 Å². The molecule has 1 saturated heterocycles. The van der Waals surface area contributed by atoms with E-state index in [1.54, 1.807) is 0 Å². The maximum Gasteiger partial charge on any atom is 0.220 e. The maximum absolute atomic E-state index is 11.5. The minimum absolute atomic E-state index is 0.0862. The van der Waals surface area contributed by atoms with Crippen LogP contribution in [0.1, 0.15) is 43.4 Å². The molecule has 3 aliphatic rings. The molecule has 1 aromatic heterocycles. The molecule has 0 radical (unpaired) electrons. The van der Waals surface area contributed by atoms with Crippen LogP contribution in [0, 0.1) is 17.8 Å². The molecule has 0 bridgehead atoms. The molecule has 5 heteroatoms. The predicted molar refractivity (Wildman–Crippen MR) is 79.5 cm³/mol. The second-order valence-corrected chi connectivity index (χ2v) is 7.29. The van der Waals surface area contributed by atoms with Crippen LogP contribution in [-0.4, -0.2) is 28.2 Å². The summed E-state index contributed by atoms with van der Waals surface area (Å²) in [6.45, 7) is 0.945. The molecule has 3 unspecified atom stereocenters. The number of nitrogens with two attached hydrogens (primary N) is 1. The van der Waals surface area contributed by atoms with E-state index in [1.807, 2.05) is 6.20 Å². The molecule has 4 rings (SSSR count). The Bertz CT molecular complexity index is 554. The molecule has 21 heavy (non-hydrogen) atoms. The summed E-state index contributed by atoms with van der Waals surface area (Å²) in [5, 5.41) is 10.9. The zero-order chi connectivity index (χ0) is 14.4. The summed E-state index contributed by atoms with van der Waals surface area (Å²) in [5.74, 6) is 1.48. The van der Waals surface area contributed by atoms with Crippen molar-refractivity contribution in [3.05, 3.63) is 17.5 Å². The van der Waals surface area contributed by atoms with E-state index >= 15 is 0 Å². The Morgan fingerprint density at radius 2 is 2.33 bits per heavy atom. The van der Waals surface area contributed by atoms with Gasteiger partial charge in [0.15, 0.2) is 0 Å². The topological polar surface area (TPSA) is 83.8 Å². The summed E-state index contributed by atoms with van der Waals surface area (Å²) in [7, 11) is 0. The molecule has 114 valence electrons. The minimum atomic E-state index is -0.109. The number of carbonyl (C=O) groups is 1. The van der Waals surface area contributed by atoms with E-state index in [-0.39, 0.29) is 17.4 Å². The molecular formula is C16H24N4O. The van der Waals surface area contributed by atoms with Crippen molar-refractivity contribution in [2.24, 2.45) is 23.5 Å². The summed E-state index contributed by atoms with van der Waals surface area (Å²) in [6, 6.07) is 0. The van der Waals surface area contributed by atoms with E-state index in [2.05, 4.69) is 15.5 Å². The zero-order valence-corrected chi connectivity index (χ0v) is 12.4. The van der Waals surface area contributed by atoms with Gasteiger partial charge in [-0.05, 0) is 68.9 Å². The van der Waals surface area contributed by atoms with Gasteiger partial charge in [-0.1, -0.05) is 0 Å². The number of aromatic amines is 1. The fraction of sp³-hybridized carbons (Fsp3) is 0.750. The summed E-state index contributed by atoms with van der Waals surface area (Å²) in [4.78, 5) is 11.5. The van der Waals surface area contributed by atoms with Crippen molar-refractivity contribution in [3.63, 3.8) is 0 Å². The first-order valence-corrected chi connectivity index (χ1v) is 8.22. The normalized spacial score (nSPS) is 38.2. The number of H-pyrrole nitrogens is 1. The number of carbonyl (C=O) groups excluding carboxylic acids is 1. The third-order valence-electron chi connectivity index (χ3n) is 5.95. The number of rotatable bonds is 3. The molecule has 1 amide bonds. The Morgan fingerprint density at radius 3 is 3.19 bits per heavy atom. The Balaban J connectivity index is 1.36. The first-order valence-electron chi connectivity index (χ1n) is 8.22. The Morgan fingerprint density at radius 1 is 1.43 bits per heavy atom. The number of nitrogens with one attached hydrogen (secondary N) is 2. The highest BCUT2D eigenvalue weighted by Crippen LogP contribution is 2.53. The number of piperidine rings is 1. The van der Waals surface area contributed by atoms with E-state index < -0.39 is 0 Å². The van der Waals surface area contributed by atoms with Crippen LogP contribution in [0.3, 0.4) is 0 Å². The molecule has 1 aromatic rings. The van der Waals surface area contributed by atoms with Crippen molar-refractivity contribution in [1.82, 2.24) is 15.5 Å². The van der Waals surface area contributed by atoms with Gasteiger partial charge in [0.05, 0.1) is 6.20 Å². The third-order valence-corrected chi connectivity index (χ3v) is 5.95. The highest BCUT2D eigenvalue weighted by Gasteiger charge is 2.56. The summed E-state index contributed by atoms with van der Waals surface area (Å²) in [5.41, 5.74) is 8.49. The largest absolute Gasteiger partial charge is 0.369 e. The number of nitrogens with zero attached hydrogens (tertiary/aromatic N) is 1. The molecule has 4 atom stereocenters. The van der Waals surface area contributed by atoms with Crippen molar-refractivity contribution in [2.75, 3.05) is 6.54 Å². The van der Waals surface area contributed by atoms with E-state index in [0.29, 0.717) is 0 Å². The second kappa shape index (κ2) is 4.83. The van der Waals surface area contributed by atoms with Crippen LogP contribution in [0.15, 0.2) is 6.20 Å². The van der Waals surface area contributed by atoms with Crippen molar-refractivity contribution in [3.8, 4) is 0 Å². The van der Waals surface area contributed by atoms with Gasteiger partial charge in [-0.3, -0.25) is 9.89 Å². The minimum Gasteiger partial charge on any atom is -0.369 e. The Hall–Kier alpha value is -1.36. The van der Waals surface area contributed by atoms with Gasteiger partial charge in [-0.15, -0.1) is 0 Å². The molecule has 0 aromatic carbocycles. The van der Waals surface area contributed by atoms with Gasteiger partial charge in [0.25, 0.3) is 0 Å². The molecule has 1 saturated carbocycles. The first kappa shape index (κ1) is 13.3. The van der Waals surface area contributed by atoms with Crippen molar-refractivity contribution in [1.29, 1.82) is 0 Å². The fourth-order valence-corrected chi connectivity index (χ4v) is 4.60. The maximum atomic E-state index is 11.5. The van der Waals surface area contributed by atoms with Gasteiger partial charge in [0, 0.05) is 17.2 Å². The average molecular weight is 288 g/mol. The number of fused-ring (bicyclic) bond motifs is 1. The summed E-state index contributed by atoms with van der Waals surface area (Å²) < 4.78 is 0. The van der Waals surface area contributed by atoms with E-state index in [4.69, 9.17) is 5.73 Å². The molecular weight excluding hydrogens is 264 g/mol. The lowest BCUT2D eigenvalue weighted by atomic mass is 9.82. The molecule has 2 fully saturated rings. The first-order chi connectivity index (χ1) is 10.2. The average Bonchev–Trinajstić information content (AvgIpc) is 2.92. The molecule has 1 aliphatic heterocycles. The lowest BCUT2D eigenvalue weighted by Gasteiger charge is -2.31. The summed E-state index contributed by atoms with van der Waals surface area (Å²) in [6.07, 6.45) is 9.93. The van der Waals surface area contributed by atoms with E-state index in [1.165, 1.54) is 30.5 Å². The highest BCUT2D eigenvalue weighted by molar-refractivity contribution is 5.77. The number of hydrogen-bond donors (Lipinski definition) is 3. The quantitative estimate of drug-likeness (QED) is 0.780. The van der Waals surface area contributed by atoms with Crippen LogP contribution in [0.2, 0.25) is 0 Å².